The molecule has 0 atom stereocenters. The Morgan fingerprint density at radius 1 is 1.38 bits per heavy atom. The Bertz CT molecular complexity index is 713. The fourth-order valence-electron chi connectivity index (χ4n) is 3.00. The molecule has 0 spiro atoms. The first-order valence-electron chi connectivity index (χ1n) is 8.18. The minimum absolute atomic E-state index is 0.0747. The number of halogens is 2. The first-order valence-corrected chi connectivity index (χ1v) is 8.56. The topological polar surface area (TPSA) is 54.2 Å². The standard InChI is InChI=1S/C17H22ClFN4O/c1-22(2)13-8-11(9-13)17-20-16(4-3-7-24)21-23(17)12-5-6-15(19)14(18)10-12/h5-6,10-11,13,24H,3-4,7-9H2,1-2H3. The molecule has 24 heavy (non-hydrogen) atoms. The lowest BCUT2D eigenvalue weighted by Crippen LogP contribution is -2.40. The largest absolute Gasteiger partial charge is 0.396 e. The number of aliphatic hydroxyl groups is 1. The van der Waals surface area contributed by atoms with Crippen molar-refractivity contribution in [2.45, 2.75) is 37.6 Å². The van der Waals surface area contributed by atoms with Crippen LogP contribution in [0.3, 0.4) is 0 Å². The summed E-state index contributed by atoms with van der Waals surface area (Å²) >= 11 is 5.92. The normalized spacial score (nSPS) is 20.4. The highest BCUT2D eigenvalue weighted by Gasteiger charge is 2.35. The Morgan fingerprint density at radius 3 is 2.75 bits per heavy atom. The molecule has 2 aromatic rings. The third-order valence-corrected chi connectivity index (χ3v) is 4.88. The summed E-state index contributed by atoms with van der Waals surface area (Å²) in [6.07, 6.45) is 3.30. The molecule has 1 heterocycles. The van der Waals surface area contributed by atoms with Gasteiger partial charge in [0, 0.05) is 25.0 Å². The molecule has 0 aliphatic heterocycles. The van der Waals surface area contributed by atoms with E-state index in [2.05, 4.69) is 29.1 Å². The Balaban J connectivity index is 1.91. The fraction of sp³-hybridized carbons (Fsp3) is 0.529. The maximum Gasteiger partial charge on any atom is 0.151 e. The van der Waals surface area contributed by atoms with Gasteiger partial charge < -0.3 is 10.0 Å². The monoisotopic (exact) mass is 352 g/mol. The predicted octanol–water partition coefficient (Wildman–Crippen LogP) is 2.79. The number of hydrogen-bond acceptors (Lipinski definition) is 4. The van der Waals surface area contributed by atoms with Crippen LogP contribution in [-0.4, -0.2) is 51.5 Å². The fourth-order valence-corrected chi connectivity index (χ4v) is 3.18. The Morgan fingerprint density at radius 2 is 2.12 bits per heavy atom. The van der Waals surface area contributed by atoms with Crippen molar-refractivity contribution in [1.29, 1.82) is 0 Å². The van der Waals surface area contributed by atoms with E-state index in [-0.39, 0.29) is 11.6 Å². The zero-order chi connectivity index (χ0) is 17.3. The molecule has 0 bridgehead atoms. The number of rotatable bonds is 6. The van der Waals surface area contributed by atoms with Gasteiger partial charge in [0.2, 0.25) is 0 Å². The summed E-state index contributed by atoms with van der Waals surface area (Å²) in [6, 6.07) is 5.14. The molecule has 1 saturated carbocycles. The van der Waals surface area contributed by atoms with Crippen LogP contribution in [0.2, 0.25) is 5.02 Å². The van der Waals surface area contributed by atoms with Gasteiger partial charge >= 0.3 is 0 Å². The molecule has 0 saturated heterocycles. The van der Waals surface area contributed by atoms with Crippen LogP contribution in [0.5, 0.6) is 0 Å². The second-order valence-electron chi connectivity index (χ2n) is 6.51. The van der Waals surface area contributed by atoms with Crippen molar-refractivity contribution in [3.63, 3.8) is 0 Å². The number of nitrogens with zero attached hydrogens (tertiary/aromatic N) is 4. The zero-order valence-electron chi connectivity index (χ0n) is 13.9. The quantitative estimate of drug-likeness (QED) is 0.868. The van der Waals surface area contributed by atoms with Crippen molar-refractivity contribution < 1.29 is 9.50 Å². The molecule has 0 amide bonds. The number of aromatic nitrogens is 3. The molecule has 1 N–H and O–H groups in total. The van der Waals surface area contributed by atoms with Crippen molar-refractivity contribution in [1.82, 2.24) is 19.7 Å². The summed E-state index contributed by atoms with van der Waals surface area (Å²) < 4.78 is 15.2. The molecule has 1 aromatic heterocycles. The van der Waals surface area contributed by atoms with E-state index < -0.39 is 5.82 Å². The SMILES string of the molecule is CN(C)C1CC(c2nc(CCCO)nn2-c2ccc(F)c(Cl)c2)C1. The van der Waals surface area contributed by atoms with E-state index in [0.29, 0.717) is 36.3 Å². The average Bonchev–Trinajstić information content (AvgIpc) is 2.90. The van der Waals surface area contributed by atoms with E-state index >= 15 is 0 Å². The van der Waals surface area contributed by atoms with Crippen molar-refractivity contribution >= 4 is 11.6 Å². The van der Waals surface area contributed by atoms with Gasteiger partial charge in [-0.15, -0.1) is 0 Å². The molecule has 1 aliphatic rings. The van der Waals surface area contributed by atoms with Crippen molar-refractivity contribution in [2.75, 3.05) is 20.7 Å². The van der Waals surface area contributed by atoms with E-state index in [9.17, 15) is 4.39 Å². The lowest BCUT2D eigenvalue weighted by Gasteiger charge is -2.39. The minimum Gasteiger partial charge on any atom is -0.396 e. The molecular weight excluding hydrogens is 331 g/mol. The van der Waals surface area contributed by atoms with Gasteiger partial charge in [0.15, 0.2) is 5.82 Å². The maximum absolute atomic E-state index is 13.5. The summed E-state index contributed by atoms with van der Waals surface area (Å²) in [6.45, 7) is 0.110. The number of aliphatic hydroxyl groups excluding tert-OH is 1. The smallest absolute Gasteiger partial charge is 0.151 e. The molecule has 3 rings (SSSR count). The van der Waals surface area contributed by atoms with Gasteiger partial charge in [0.05, 0.1) is 10.7 Å². The van der Waals surface area contributed by atoms with Crippen LogP contribution in [0.25, 0.3) is 5.69 Å². The number of aryl methyl sites for hydroxylation is 1. The van der Waals surface area contributed by atoms with E-state index in [1.807, 2.05) is 0 Å². The molecule has 7 heteroatoms. The highest BCUT2D eigenvalue weighted by molar-refractivity contribution is 6.30. The average molecular weight is 353 g/mol. The maximum atomic E-state index is 13.5. The van der Waals surface area contributed by atoms with E-state index in [4.69, 9.17) is 16.7 Å². The number of hydrogen-bond donors (Lipinski definition) is 1. The molecule has 1 aliphatic carbocycles. The summed E-state index contributed by atoms with van der Waals surface area (Å²) in [7, 11) is 4.16. The van der Waals surface area contributed by atoms with Crippen LogP contribution in [0.1, 0.15) is 36.8 Å². The zero-order valence-corrected chi connectivity index (χ0v) is 14.7. The van der Waals surface area contributed by atoms with Crippen LogP contribution < -0.4 is 0 Å². The minimum atomic E-state index is -0.445. The second kappa shape index (κ2) is 7.17. The van der Waals surface area contributed by atoms with Crippen LogP contribution >= 0.6 is 11.6 Å². The predicted molar refractivity (Wildman–Crippen MR) is 91.2 cm³/mol. The summed E-state index contributed by atoms with van der Waals surface area (Å²) in [5.74, 6) is 1.48. The first kappa shape index (κ1) is 17.3. The van der Waals surface area contributed by atoms with E-state index in [1.165, 1.54) is 6.07 Å². The molecule has 1 fully saturated rings. The van der Waals surface area contributed by atoms with Crippen LogP contribution in [0.15, 0.2) is 18.2 Å². The Labute approximate surface area is 146 Å². The molecule has 0 unspecified atom stereocenters. The molecule has 5 nitrogen and oxygen atoms in total. The van der Waals surface area contributed by atoms with Crippen molar-refractivity contribution in [3.05, 3.63) is 40.7 Å². The van der Waals surface area contributed by atoms with Crippen LogP contribution in [-0.2, 0) is 6.42 Å². The van der Waals surface area contributed by atoms with Crippen molar-refractivity contribution in [2.24, 2.45) is 0 Å². The van der Waals surface area contributed by atoms with Gasteiger partial charge in [-0.3, -0.25) is 0 Å². The van der Waals surface area contributed by atoms with Gasteiger partial charge in [-0.2, -0.15) is 5.10 Å². The van der Waals surface area contributed by atoms with E-state index in [0.717, 1.165) is 18.7 Å². The lowest BCUT2D eigenvalue weighted by atomic mass is 9.79. The first-order chi connectivity index (χ1) is 11.5. The molecule has 130 valence electrons. The van der Waals surface area contributed by atoms with Crippen molar-refractivity contribution in [3.8, 4) is 5.69 Å². The highest BCUT2D eigenvalue weighted by atomic mass is 35.5. The van der Waals surface area contributed by atoms with Gasteiger partial charge in [-0.25, -0.2) is 14.1 Å². The lowest BCUT2D eigenvalue weighted by molar-refractivity contribution is 0.160. The highest BCUT2D eigenvalue weighted by Crippen LogP contribution is 2.39. The molecular formula is C17H22ClFN4O. The second-order valence-corrected chi connectivity index (χ2v) is 6.92. The number of benzene rings is 1. The molecule has 0 radical (unpaired) electrons. The van der Waals surface area contributed by atoms with Crippen LogP contribution in [0, 0.1) is 5.82 Å². The van der Waals surface area contributed by atoms with Gasteiger partial charge in [0.1, 0.15) is 11.6 Å². The van der Waals surface area contributed by atoms with Gasteiger partial charge in [0.25, 0.3) is 0 Å². The third kappa shape index (κ3) is 3.45. The third-order valence-electron chi connectivity index (χ3n) is 4.59. The van der Waals surface area contributed by atoms with Gasteiger partial charge in [-0.1, -0.05) is 11.6 Å². The van der Waals surface area contributed by atoms with E-state index in [1.54, 1.807) is 16.8 Å². The Kier molecular flexibility index (Phi) is 5.18. The Hall–Kier alpha value is -1.50. The summed E-state index contributed by atoms with van der Waals surface area (Å²) in [5, 5.41) is 13.7. The van der Waals surface area contributed by atoms with Gasteiger partial charge in [-0.05, 0) is 51.6 Å². The summed E-state index contributed by atoms with van der Waals surface area (Å²) in [4.78, 5) is 6.90. The summed E-state index contributed by atoms with van der Waals surface area (Å²) in [5.41, 5.74) is 0.715. The molecule has 1 aromatic carbocycles. The van der Waals surface area contributed by atoms with Crippen LogP contribution in [0.4, 0.5) is 4.39 Å².